The Kier molecular flexibility index (Phi) is 7.55. The normalized spacial score (nSPS) is 11.3. The number of ether oxygens (including phenoxy) is 1. The molecule has 0 fully saturated rings. The van der Waals surface area contributed by atoms with Gasteiger partial charge in [0.15, 0.2) is 0 Å². The van der Waals surface area contributed by atoms with Crippen LogP contribution in [-0.4, -0.2) is 30.9 Å². The summed E-state index contributed by atoms with van der Waals surface area (Å²) in [6, 6.07) is 15.8. The number of aryl methyl sites for hydroxylation is 1. The van der Waals surface area contributed by atoms with Gasteiger partial charge in [-0.15, -0.1) is 0 Å². The lowest BCUT2D eigenvalue weighted by atomic mass is 10.0. The van der Waals surface area contributed by atoms with Gasteiger partial charge in [0.1, 0.15) is 6.04 Å². The number of rotatable bonds is 8. The first-order valence-corrected chi connectivity index (χ1v) is 8.80. The monoisotopic (exact) mass is 368 g/mol. The number of anilines is 1. The minimum absolute atomic E-state index is 0.221. The van der Waals surface area contributed by atoms with Gasteiger partial charge in [0, 0.05) is 18.2 Å². The quantitative estimate of drug-likeness (QED) is 0.702. The molecule has 0 unspecified atom stereocenters. The van der Waals surface area contributed by atoms with Crippen LogP contribution in [0.5, 0.6) is 0 Å². The van der Waals surface area contributed by atoms with E-state index in [1.165, 1.54) is 19.6 Å². The van der Waals surface area contributed by atoms with Crippen molar-refractivity contribution in [2.24, 2.45) is 0 Å². The van der Waals surface area contributed by atoms with E-state index in [2.05, 4.69) is 10.6 Å². The number of nitrogens with one attached hydrogen (secondary N) is 2. The highest BCUT2D eigenvalue weighted by Gasteiger charge is 2.22. The van der Waals surface area contributed by atoms with Gasteiger partial charge in [-0.25, -0.2) is 4.79 Å². The van der Waals surface area contributed by atoms with Crippen molar-refractivity contribution < 1.29 is 19.1 Å². The smallest absolute Gasteiger partial charge is 0.328 e. The lowest BCUT2D eigenvalue weighted by Crippen LogP contribution is -2.41. The number of amides is 2. The maximum atomic E-state index is 12.5. The second kappa shape index (κ2) is 10.1. The third-order valence-corrected chi connectivity index (χ3v) is 4.04. The van der Waals surface area contributed by atoms with Crippen LogP contribution in [0.15, 0.2) is 54.6 Å². The van der Waals surface area contributed by atoms with E-state index in [1.54, 1.807) is 24.3 Å². The highest BCUT2D eigenvalue weighted by Crippen LogP contribution is 2.12. The lowest BCUT2D eigenvalue weighted by Gasteiger charge is -2.17. The van der Waals surface area contributed by atoms with Crippen LogP contribution >= 0.6 is 0 Å². The minimum atomic E-state index is -0.726. The number of methoxy groups -OCH3 is 1. The van der Waals surface area contributed by atoms with Crippen LogP contribution < -0.4 is 10.6 Å². The molecule has 0 saturated carbocycles. The zero-order valence-corrected chi connectivity index (χ0v) is 15.5. The van der Waals surface area contributed by atoms with E-state index in [1.807, 2.05) is 30.3 Å². The number of carbonyl (C=O) groups is 3. The van der Waals surface area contributed by atoms with Gasteiger partial charge in [-0.05, 0) is 43.0 Å². The van der Waals surface area contributed by atoms with E-state index in [0.29, 0.717) is 17.7 Å². The molecule has 2 aromatic carbocycles. The highest BCUT2D eigenvalue weighted by atomic mass is 16.5. The van der Waals surface area contributed by atoms with E-state index < -0.39 is 17.9 Å². The SMILES string of the molecule is COC(=O)[C@H](CCCc1ccccc1)NC(=O)c1cccc(NC(C)=O)c1. The van der Waals surface area contributed by atoms with Gasteiger partial charge in [-0.1, -0.05) is 36.4 Å². The van der Waals surface area contributed by atoms with Crippen molar-refractivity contribution in [2.75, 3.05) is 12.4 Å². The van der Waals surface area contributed by atoms with Gasteiger partial charge < -0.3 is 15.4 Å². The van der Waals surface area contributed by atoms with Crippen LogP contribution in [0.1, 0.15) is 35.7 Å². The molecule has 6 heteroatoms. The molecular weight excluding hydrogens is 344 g/mol. The molecule has 2 rings (SSSR count). The Hall–Kier alpha value is -3.15. The zero-order valence-electron chi connectivity index (χ0n) is 15.5. The summed E-state index contributed by atoms with van der Waals surface area (Å²) >= 11 is 0. The molecule has 1 atom stereocenters. The van der Waals surface area contributed by atoms with Crippen LogP contribution in [0.25, 0.3) is 0 Å². The number of carbonyl (C=O) groups excluding carboxylic acids is 3. The molecule has 0 saturated heterocycles. The largest absolute Gasteiger partial charge is 0.467 e. The predicted molar refractivity (Wildman–Crippen MR) is 103 cm³/mol. The molecule has 2 N–H and O–H groups in total. The second-order valence-electron chi connectivity index (χ2n) is 6.19. The average molecular weight is 368 g/mol. The van der Waals surface area contributed by atoms with Gasteiger partial charge in [0.2, 0.25) is 5.91 Å². The van der Waals surface area contributed by atoms with Crippen LogP contribution in [-0.2, 0) is 20.7 Å². The van der Waals surface area contributed by atoms with Gasteiger partial charge in [0.25, 0.3) is 5.91 Å². The van der Waals surface area contributed by atoms with Crippen molar-refractivity contribution in [3.63, 3.8) is 0 Å². The van der Waals surface area contributed by atoms with E-state index >= 15 is 0 Å². The van der Waals surface area contributed by atoms with Gasteiger partial charge in [0.05, 0.1) is 7.11 Å². The molecule has 0 heterocycles. The third-order valence-electron chi connectivity index (χ3n) is 4.04. The Labute approximate surface area is 158 Å². The number of benzene rings is 2. The van der Waals surface area contributed by atoms with Crippen molar-refractivity contribution in [3.05, 3.63) is 65.7 Å². The van der Waals surface area contributed by atoms with E-state index in [9.17, 15) is 14.4 Å². The summed E-state index contributed by atoms with van der Waals surface area (Å²) in [4.78, 5) is 35.7. The van der Waals surface area contributed by atoms with Gasteiger partial charge in [-0.3, -0.25) is 9.59 Å². The first-order chi connectivity index (χ1) is 13.0. The van der Waals surface area contributed by atoms with Gasteiger partial charge in [-0.2, -0.15) is 0 Å². The number of esters is 1. The molecule has 27 heavy (non-hydrogen) atoms. The molecular formula is C21H24N2O4. The maximum Gasteiger partial charge on any atom is 0.328 e. The average Bonchev–Trinajstić information content (AvgIpc) is 2.67. The third kappa shape index (κ3) is 6.58. The Bertz CT molecular complexity index is 790. The summed E-state index contributed by atoms with van der Waals surface area (Å²) < 4.78 is 4.82. The van der Waals surface area contributed by atoms with Gasteiger partial charge >= 0.3 is 5.97 Å². The number of hydrogen-bond acceptors (Lipinski definition) is 4. The van der Waals surface area contributed by atoms with E-state index in [4.69, 9.17) is 4.74 Å². The van der Waals surface area contributed by atoms with Crippen molar-refractivity contribution in [2.45, 2.75) is 32.2 Å². The molecule has 2 amide bonds. The molecule has 0 aliphatic rings. The Morgan fingerprint density at radius 1 is 1.04 bits per heavy atom. The van der Waals surface area contributed by atoms with Crippen LogP contribution in [0, 0.1) is 0 Å². The Morgan fingerprint density at radius 3 is 2.44 bits per heavy atom. The summed E-state index contributed by atoms with van der Waals surface area (Å²) in [6.07, 6.45) is 2.01. The fourth-order valence-corrected chi connectivity index (χ4v) is 2.73. The van der Waals surface area contributed by atoms with Crippen molar-refractivity contribution in [1.29, 1.82) is 0 Å². The standard InChI is InChI=1S/C21H24N2O4/c1-15(24)22-18-12-7-11-17(14-18)20(25)23-19(21(26)27-2)13-6-10-16-8-4-3-5-9-16/h3-5,7-9,11-12,14,19H,6,10,13H2,1-2H3,(H,22,24)(H,23,25)/t19-/m0/s1. The molecule has 2 aromatic rings. The first-order valence-electron chi connectivity index (χ1n) is 8.80. The number of hydrogen-bond donors (Lipinski definition) is 2. The Morgan fingerprint density at radius 2 is 1.78 bits per heavy atom. The van der Waals surface area contributed by atoms with E-state index in [0.717, 1.165) is 12.8 Å². The molecule has 6 nitrogen and oxygen atoms in total. The van der Waals surface area contributed by atoms with Crippen LogP contribution in [0.2, 0.25) is 0 Å². The molecule has 0 aliphatic carbocycles. The summed E-state index contributed by atoms with van der Waals surface area (Å²) in [5.74, 6) is -1.09. The fraction of sp³-hybridized carbons (Fsp3) is 0.286. The van der Waals surface area contributed by atoms with Crippen LogP contribution in [0.3, 0.4) is 0 Å². The summed E-state index contributed by atoms with van der Waals surface area (Å²) in [7, 11) is 1.30. The maximum absolute atomic E-state index is 12.5. The Balaban J connectivity index is 1.99. The molecule has 0 spiro atoms. The highest BCUT2D eigenvalue weighted by molar-refractivity contribution is 5.98. The molecule has 0 aliphatic heterocycles. The lowest BCUT2D eigenvalue weighted by molar-refractivity contribution is -0.143. The van der Waals surface area contributed by atoms with Crippen molar-refractivity contribution in [1.82, 2.24) is 5.32 Å². The van der Waals surface area contributed by atoms with Crippen molar-refractivity contribution >= 4 is 23.5 Å². The molecule has 0 aromatic heterocycles. The summed E-state index contributed by atoms with van der Waals surface area (Å²) in [5, 5.41) is 5.35. The molecule has 142 valence electrons. The second-order valence-corrected chi connectivity index (χ2v) is 6.19. The first kappa shape index (κ1) is 20.2. The summed E-state index contributed by atoms with van der Waals surface area (Å²) in [6.45, 7) is 1.40. The minimum Gasteiger partial charge on any atom is -0.467 e. The topological polar surface area (TPSA) is 84.5 Å². The predicted octanol–water partition coefficient (Wildman–Crippen LogP) is 2.94. The molecule has 0 bridgehead atoms. The van der Waals surface area contributed by atoms with Crippen LogP contribution in [0.4, 0.5) is 5.69 Å². The molecule has 0 radical (unpaired) electrons. The van der Waals surface area contributed by atoms with E-state index in [-0.39, 0.29) is 5.91 Å². The summed E-state index contributed by atoms with van der Waals surface area (Å²) in [5.41, 5.74) is 2.06. The zero-order chi connectivity index (χ0) is 19.6. The van der Waals surface area contributed by atoms with Crippen molar-refractivity contribution in [3.8, 4) is 0 Å². The fourth-order valence-electron chi connectivity index (χ4n) is 2.73.